The van der Waals surface area contributed by atoms with Crippen molar-refractivity contribution >= 4 is 35.0 Å². The van der Waals surface area contributed by atoms with Crippen molar-refractivity contribution in [2.45, 2.75) is 17.1 Å². The fourth-order valence-corrected chi connectivity index (χ4v) is 3.22. The van der Waals surface area contributed by atoms with Gasteiger partial charge in [0.15, 0.2) is 0 Å². The van der Waals surface area contributed by atoms with Crippen molar-refractivity contribution in [2.24, 2.45) is 0 Å². The van der Waals surface area contributed by atoms with Crippen LogP contribution in [0.1, 0.15) is 17.3 Å². The van der Waals surface area contributed by atoms with Crippen molar-refractivity contribution in [1.82, 2.24) is 0 Å². The van der Waals surface area contributed by atoms with E-state index >= 15 is 0 Å². The molecule has 6 heteroatoms. The Morgan fingerprint density at radius 2 is 2.04 bits per heavy atom. The number of nitrogens with one attached hydrogen (secondary N) is 2. The first-order valence-corrected chi connectivity index (χ1v) is 8.02. The van der Waals surface area contributed by atoms with Gasteiger partial charge in [0.05, 0.1) is 23.7 Å². The van der Waals surface area contributed by atoms with Gasteiger partial charge < -0.3 is 15.4 Å². The predicted molar refractivity (Wildman–Crippen MR) is 91.3 cm³/mol. The minimum atomic E-state index is -0.254. The van der Waals surface area contributed by atoms with Crippen molar-refractivity contribution in [3.63, 3.8) is 0 Å². The summed E-state index contributed by atoms with van der Waals surface area (Å²) in [5.74, 6) is 0.288. The van der Waals surface area contributed by atoms with Crippen molar-refractivity contribution < 1.29 is 14.3 Å². The number of hydrogen-bond donors (Lipinski definition) is 2. The molecule has 2 aromatic carbocycles. The molecular weight excluding hydrogens is 312 g/mol. The molecule has 1 atom stereocenters. The Balaban J connectivity index is 1.83. The Hall–Kier alpha value is -2.47. The van der Waals surface area contributed by atoms with E-state index in [0.29, 0.717) is 22.7 Å². The Morgan fingerprint density at radius 3 is 2.83 bits per heavy atom. The van der Waals surface area contributed by atoms with Crippen LogP contribution in [0.15, 0.2) is 47.4 Å². The predicted octanol–water partition coefficient (Wildman–Crippen LogP) is 3.38. The first kappa shape index (κ1) is 15.4. The zero-order valence-electron chi connectivity index (χ0n) is 12.8. The highest BCUT2D eigenvalue weighted by Crippen LogP contribution is 2.36. The summed E-state index contributed by atoms with van der Waals surface area (Å²) in [6.07, 6.45) is 0. The number of carbonyl (C=O) groups is 2. The molecule has 0 radical (unpaired) electrons. The van der Waals surface area contributed by atoms with E-state index in [0.717, 1.165) is 4.90 Å². The van der Waals surface area contributed by atoms with E-state index in [9.17, 15) is 9.59 Å². The zero-order valence-corrected chi connectivity index (χ0v) is 13.6. The molecule has 0 aromatic heterocycles. The highest BCUT2D eigenvalue weighted by molar-refractivity contribution is 8.00. The van der Waals surface area contributed by atoms with Crippen molar-refractivity contribution in [2.75, 3.05) is 17.7 Å². The molecule has 0 spiro atoms. The molecule has 5 nitrogen and oxygen atoms in total. The van der Waals surface area contributed by atoms with Crippen LogP contribution in [-0.2, 0) is 4.79 Å². The molecule has 0 fully saturated rings. The maximum atomic E-state index is 12.4. The van der Waals surface area contributed by atoms with Gasteiger partial charge in [-0.1, -0.05) is 12.1 Å². The maximum Gasteiger partial charge on any atom is 0.255 e. The van der Waals surface area contributed by atoms with Gasteiger partial charge in [0.1, 0.15) is 5.75 Å². The lowest BCUT2D eigenvalue weighted by atomic mass is 10.1. The number of fused-ring (bicyclic) bond motifs is 1. The first-order valence-electron chi connectivity index (χ1n) is 7.14. The smallest absolute Gasteiger partial charge is 0.255 e. The molecule has 0 saturated carbocycles. The number of hydrogen-bond acceptors (Lipinski definition) is 4. The lowest BCUT2D eigenvalue weighted by molar-refractivity contribution is -0.115. The number of thioether (sulfide) groups is 1. The largest absolute Gasteiger partial charge is 0.495 e. The topological polar surface area (TPSA) is 67.4 Å². The second-order valence-corrected chi connectivity index (χ2v) is 6.50. The molecule has 23 heavy (non-hydrogen) atoms. The molecule has 0 saturated heterocycles. The van der Waals surface area contributed by atoms with Gasteiger partial charge in [-0.15, -0.1) is 11.8 Å². The van der Waals surface area contributed by atoms with Crippen LogP contribution in [0.3, 0.4) is 0 Å². The number of methoxy groups -OCH3 is 1. The lowest BCUT2D eigenvalue weighted by Crippen LogP contribution is -2.26. The first-order chi connectivity index (χ1) is 11.1. The van der Waals surface area contributed by atoms with Crippen molar-refractivity contribution in [3.05, 3.63) is 48.0 Å². The standard InChI is InChI=1S/C17H16N2O3S/c1-10-16(20)19-13-9-11(7-8-15(13)23-10)17(21)18-12-5-3-4-6-14(12)22-2/h3-10H,1-2H3,(H,18,21)(H,19,20)/t10-/m0/s1. The highest BCUT2D eigenvalue weighted by atomic mass is 32.2. The SMILES string of the molecule is COc1ccccc1NC(=O)c1ccc2c(c1)NC(=O)[C@H](C)S2. The molecule has 0 aliphatic carbocycles. The number of anilines is 2. The fourth-order valence-electron chi connectivity index (χ4n) is 2.29. The summed E-state index contributed by atoms with van der Waals surface area (Å²) >= 11 is 1.49. The summed E-state index contributed by atoms with van der Waals surface area (Å²) in [7, 11) is 1.55. The molecule has 0 bridgehead atoms. The fraction of sp³-hybridized carbons (Fsp3) is 0.176. The van der Waals surface area contributed by atoms with Crippen molar-refractivity contribution in [1.29, 1.82) is 0 Å². The molecule has 3 rings (SSSR count). The van der Waals surface area contributed by atoms with Gasteiger partial charge >= 0.3 is 0 Å². The minimum absolute atomic E-state index is 0.0511. The van der Waals surface area contributed by atoms with Crippen LogP contribution in [0, 0.1) is 0 Å². The van der Waals surface area contributed by atoms with Crippen LogP contribution in [-0.4, -0.2) is 24.2 Å². The molecule has 2 aromatic rings. The van der Waals surface area contributed by atoms with Gasteiger partial charge in [-0.25, -0.2) is 0 Å². The van der Waals surface area contributed by atoms with Crippen LogP contribution in [0.5, 0.6) is 5.75 Å². The third-order valence-corrected chi connectivity index (χ3v) is 4.71. The maximum absolute atomic E-state index is 12.4. The number of carbonyl (C=O) groups excluding carboxylic acids is 2. The van der Waals surface area contributed by atoms with Gasteiger partial charge in [-0.05, 0) is 37.3 Å². The van der Waals surface area contributed by atoms with Crippen LogP contribution < -0.4 is 15.4 Å². The second kappa shape index (κ2) is 6.34. The number of rotatable bonds is 3. The molecule has 1 aliphatic heterocycles. The third kappa shape index (κ3) is 3.17. The van der Waals surface area contributed by atoms with E-state index in [2.05, 4.69) is 10.6 Å². The summed E-state index contributed by atoms with van der Waals surface area (Å²) in [6, 6.07) is 12.5. The van der Waals surface area contributed by atoms with E-state index in [1.807, 2.05) is 25.1 Å². The normalized spacial score (nSPS) is 16.3. The van der Waals surface area contributed by atoms with E-state index in [1.165, 1.54) is 11.8 Å². The Labute approximate surface area is 138 Å². The molecule has 118 valence electrons. The third-order valence-electron chi connectivity index (χ3n) is 3.53. The number of benzene rings is 2. The van der Waals surface area contributed by atoms with Crippen LogP contribution >= 0.6 is 11.8 Å². The van der Waals surface area contributed by atoms with Crippen molar-refractivity contribution in [3.8, 4) is 5.75 Å². The summed E-state index contributed by atoms with van der Waals surface area (Å²) in [5, 5.41) is 5.52. The lowest BCUT2D eigenvalue weighted by Gasteiger charge is -2.21. The van der Waals surface area contributed by atoms with E-state index in [-0.39, 0.29) is 17.1 Å². The van der Waals surface area contributed by atoms with Gasteiger partial charge in [0.25, 0.3) is 5.91 Å². The highest BCUT2D eigenvalue weighted by Gasteiger charge is 2.23. The minimum Gasteiger partial charge on any atom is -0.495 e. The van der Waals surface area contributed by atoms with Gasteiger partial charge in [0, 0.05) is 10.5 Å². The Bertz CT molecular complexity index is 776. The number of para-hydroxylation sites is 2. The molecule has 1 aliphatic rings. The van der Waals surface area contributed by atoms with E-state index < -0.39 is 0 Å². The molecular formula is C17H16N2O3S. The van der Waals surface area contributed by atoms with Gasteiger partial charge in [0.2, 0.25) is 5.91 Å². The molecule has 1 heterocycles. The van der Waals surface area contributed by atoms with Gasteiger partial charge in [-0.3, -0.25) is 9.59 Å². The van der Waals surface area contributed by atoms with Crippen LogP contribution in [0.25, 0.3) is 0 Å². The molecule has 2 amide bonds. The summed E-state index contributed by atoms with van der Waals surface area (Å²) < 4.78 is 5.22. The molecule has 2 N–H and O–H groups in total. The number of amides is 2. The van der Waals surface area contributed by atoms with Crippen LogP contribution in [0.4, 0.5) is 11.4 Å². The average molecular weight is 328 g/mol. The summed E-state index contributed by atoms with van der Waals surface area (Å²) in [4.78, 5) is 25.2. The summed E-state index contributed by atoms with van der Waals surface area (Å²) in [6.45, 7) is 1.85. The molecule has 0 unspecified atom stereocenters. The second-order valence-electron chi connectivity index (χ2n) is 5.11. The number of ether oxygens (including phenoxy) is 1. The quantitative estimate of drug-likeness (QED) is 0.906. The van der Waals surface area contributed by atoms with Gasteiger partial charge in [-0.2, -0.15) is 0 Å². The van der Waals surface area contributed by atoms with E-state index in [4.69, 9.17) is 4.74 Å². The van der Waals surface area contributed by atoms with E-state index in [1.54, 1.807) is 31.4 Å². The summed E-state index contributed by atoms with van der Waals surface area (Å²) in [5.41, 5.74) is 1.75. The average Bonchev–Trinajstić information content (AvgIpc) is 2.56. The zero-order chi connectivity index (χ0) is 16.4. The Morgan fingerprint density at radius 1 is 1.26 bits per heavy atom. The Kier molecular flexibility index (Phi) is 4.25. The van der Waals surface area contributed by atoms with Crippen LogP contribution in [0.2, 0.25) is 0 Å². The monoisotopic (exact) mass is 328 g/mol.